The molecule has 0 saturated carbocycles. The van der Waals surface area contributed by atoms with E-state index in [1.807, 2.05) is 0 Å². The Morgan fingerprint density at radius 2 is 1.92 bits per heavy atom. The van der Waals surface area contributed by atoms with E-state index in [0.29, 0.717) is 11.5 Å². The van der Waals surface area contributed by atoms with Crippen molar-refractivity contribution < 1.29 is 18.3 Å². The van der Waals surface area contributed by atoms with Gasteiger partial charge in [-0.05, 0) is 19.1 Å². The van der Waals surface area contributed by atoms with E-state index in [2.05, 4.69) is 19.9 Å². The van der Waals surface area contributed by atoms with Gasteiger partial charge < -0.3 is 10.1 Å². The Kier molecular flexibility index (Phi) is 3.34. The number of aromatic nitrogens is 5. The van der Waals surface area contributed by atoms with Gasteiger partial charge >= 0.3 is 11.9 Å². The molecule has 3 aromatic heterocycles. The van der Waals surface area contributed by atoms with Gasteiger partial charge in [0.15, 0.2) is 11.2 Å². The summed E-state index contributed by atoms with van der Waals surface area (Å²) in [5.41, 5.74) is -5.34. The molecule has 1 unspecified atom stereocenters. The van der Waals surface area contributed by atoms with Crippen molar-refractivity contribution in [2.24, 2.45) is 0 Å². The molecule has 126 valence electrons. The predicted molar refractivity (Wildman–Crippen MR) is 75.7 cm³/mol. The number of nitrogens with one attached hydrogen (secondary N) is 2. The van der Waals surface area contributed by atoms with Gasteiger partial charge in [0.2, 0.25) is 0 Å². The van der Waals surface area contributed by atoms with Gasteiger partial charge in [0.1, 0.15) is 5.52 Å². The lowest BCUT2D eigenvalue weighted by molar-refractivity contribution is -0.260. The van der Waals surface area contributed by atoms with Crippen molar-refractivity contribution in [2.45, 2.75) is 18.7 Å². The van der Waals surface area contributed by atoms with Crippen LogP contribution in [0.3, 0.4) is 0 Å². The van der Waals surface area contributed by atoms with Crippen molar-refractivity contribution >= 4 is 11.2 Å². The number of H-pyrrole nitrogens is 2. The third kappa shape index (κ3) is 2.29. The summed E-state index contributed by atoms with van der Waals surface area (Å²) in [6.45, 7) is 0.560. The Hall–Kier alpha value is -2.95. The number of aromatic amines is 2. The Bertz CT molecular complexity index is 1010. The third-order valence-electron chi connectivity index (χ3n) is 3.54. The fraction of sp³-hybridized carbons (Fsp3) is 0.231. The molecule has 3 heterocycles. The van der Waals surface area contributed by atoms with Crippen LogP contribution in [0.4, 0.5) is 13.2 Å². The molecule has 3 aromatic rings. The third-order valence-corrected chi connectivity index (χ3v) is 3.54. The Morgan fingerprint density at radius 3 is 2.50 bits per heavy atom. The van der Waals surface area contributed by atoms with Gasteiger partial charge in [-0.3, -0.25) is 14.8 Å². The fourth-order valence-electron chi connectivity index (χ4n) is 2.10. The van der Waals surface area contributed by atoms with Gasteiger partial charge in [-0.1, -0.05) is 0 Å². The molecule has 0 bridgehead atoms. The van der Waals surface area contributed by atoms with Gasteiger partial charge in [-0.2, -0.15) is 13.2 Å². The van der Waals surface area contributed by atoms with Crippen LogP contribution < -0.4 is 11.2 Å². The topological polar surface area (TPSA) is 117 Å². The summed E-state index contributed by atoms with van der Waals surface area (Å²) in [5.74, 6) is 0. The summed E-state index contributed by atoms with van der Waals surface area (Å²) in [7, 11) is 0. The monoisotopic (exact) mass is 341 g/mol. The lowest BCUT2D eigenvalue weighted by Crippen LogP contribution is -2.40. The van der Waals surface area contributed by atoms with Crippen LogP contribution in [-0.2, 0) is 5.60 Å². The zero-order valence-corrected chi connectivity index (χ0v) is 12.0. The molecule has 0 saturated heterocycles. The number of imidazole rings is 1. The molecular weight excluding hydrogens is 331 g/mol. The highest BCUT2D eigenvalue weighted by Gasteiger charge is 2.52. The van der Waals surface area contributed by atoms with Crippen LogP contribution in [0.15, 0.2) is 34.2 Å². The van der Waals surface area contributed by atoms with Crippen molar-refractivity contribution in [3.63, 3.8) is 0 Å². The summed E-state index contributed by atoms with van der Waals surface area (Å²) in [6, 6.07) is 1.98. The van der Waals surface area contributed by atoms with Crippen LogP contribution in [-0.4, -0.2) is 35.8 Å². The normalized spacial score (nSPS) is 14.7. The average molecular weight is 341 g/mol. The van der Waals surface area contributed by atoms with Crippen molar-refractivity contribution in [2.75, 3.05) is 0 Å². The Labute approximate surface area is 130 Å². The van der Waals surface area contributed by atoms with Crippen LogP contribution in [0, 0.1) is 0 Å². The van der Waals surface area contributed by atoms with E-state index in [4.69, 9.17) is 0 Å². The highest BCUT2D eigenvalue weighted by atomic mass is 19.4. The Balaban J connectivity index is 2.13. The van der Waals surface area contributed by atoms with Crippen molar-refractivity contribution in [3.05, 3.63) is 51.2 Å². The minimum Gasteiger partial charge on any atom is -0.375 e. The second-order valence-electron chi connectivity index (χ2n) is 5.17. The van der Waals surface area contributed by atoms with Crippen LogP contribution in [0.5, 0.6) is 0 Å². The van der Waals surface area contributed by atoms with E-state index in [-0.39, 0.29) is 16.9 Å². The molecule has 0 spiro atoms. The molecule has 0 fully saturated rings. The number of hydrogen-bond acceptors (Lipinski definition) is 5. The van der Waals surface area contributed by atoms with E-state index < -0.39 is 28.7 Å². The van der Waals surface area contributed by atoms with E-state index in [0.717, 1.165) is 18.3 Å². The van der Waals surface area contributed by atoms with Crippen LogP contribution >= 0.6 is 0 Å². The second kappa shape index (κ2) is 5.03. The predicted octanol–water partition coefficient (Wildman–Crippen LogP) is 0.567. The van der Waals surface area contributed by atoms with Gasteiger partial charge in [-0.15, -0.1) is 0 Å². The first-order valence-corrected chi connectivity index (χ1v) is 6.57. The molecule has 0 amide bonds. The fourth-order valence-corrected chi connectivity index (χ4v) is 2.10. The molecule has 24 heavy (non-hydrogen) atoms. The highest BCUT2D eigenvalue weighted by molar-refractivity contribution is 5.68. The van der Waals surface area contributed by atoms with E-state index in [1.54, 1.807) is 0 Å². The number of halogens is 3. The number of fused-ring (bicyclic) bond motifs is 1. The zero-order valence-electron chi connectivity index (χ0n) is 12.0. The van der Waals surface area contributed by atoms with Crippen LogP contribution in [0.1, 0.15) is 12.6 Å². The number of alkyl halides is 3. The molecule has 0 aliphatic rings. The van der Waals surface area contributed by atoms with Gasteiger partial charge in [0.05, 0.1) is 23.9 Å². The molecule has 0 aliphatic heterocycles. The number of pyridine rings is 1. The van der Waals surface area contributed by atoms with Gasteiger partial charge in [0.25, 0.3) is 5.56 Å². The van der Waals surface area contributed by atoms with Crippen LogP contribution in [0.25, 0.3) is 16.9 Å². The second-order valence-corrected chi connectivity index (χ2v) is 5.17. The van der Waals surface area contributed by atoms with Crippen molar-refractivity contribution in [3.8, 4) is 5.69 Å². The maximum atomic E-state index is 12.8. The van der Waals surface area contributed by atoms with Crippen LogP contribution in [0.2, 0.25) is 0 Å². The van der Waals surface area contributed by atoms with Gasteiger partial charge in [0, 0.05) is 0 Å². The number of hydrogen-bond donors (Lipinski definition) is 3. The number of rotatable bonds is 2. The average Bonchev–Trinajstić information content (AvgIpc) is 2.95. The summed E-state index contributed by atoms with van der Waals surface area (Å²) in [5, 5.41) is 9.57. The first-order valence-electron chi connectivity index (χ1n) is 6.57. The molecule has 0 aromatic carbocycles. The molecule has 3 rings (SSSR count). The maximum absolute atomic E-state index is 12.8. The minimum absolute atomic E-state index is 0.0287. The van der Waals surface area contributed by atoms with E-state index >= 15 is 0 Å². The summed E-state index contributed by atoms with van der Waals surface area (Å²) >= 11 is 0. The molecule has 8 nitrogen and oxygen atoms in total. The summed E-state index contributed by atoms with van der Waals surface area (Å²) in [4.78, 5) is 36.5. The molecule has 11 heteroatoms. The number of aliphatic hydroxyl groups is 1. The number of nitrogens with zero attached hydrogens (tertiary/aromatic N) is 3. The largest absolute Gasteiger partial charge is 0.422 e. The standard InChI is InChI=1S/C13H10F3N5O3/c1-12(24,13(14,15)16)7-3-2-6(4-17-7)21-10(22)8-9(19-5-18-8)20-11(21)23/h2-5,24H,1H3,(H,18,19)(H,20,23). The molecule has 3 N–H and O–H groups in total. The zero-order chi connectivity index (χ0) is 17.7. The summed E-state index contributed by atoms with van der Waals surface area (Å²) < 4.78 is 39.1. The molecule has 0 aliphatic carbocycles. The van der Waals surface area contributed by atoms with E-state index in [9.17, 15) is 27.9 Å². The first kappa shape index (κ1) is 15.9. The SMILES string of the molecule is CC(O)(c1ccc(-n2c(=O)[nH]c3nc[nH]c3c2=O)cn1)C(F)(F)F. The molecular formula is C13H10F3N5O3. The first-order chi connectivity index (χ1) is 11.1. The molecule has 0 radical (unpaired) electrons. The Morgan fingerprint density at radius 1 is 1.21 bits per heavy atom. The minimum atomic E-state index is -4.93. The lowest BCUT2D eigenvalue weighted by Gasteiger charge is -2.25. The highest BCUT2D eigenvalue weighted by Crippen LogP contribution is 2.37. The smallest absolute Gasteiger partial charge is 0.375 e. The lowest BCUT2D eigenvalue weighted by atomic mass is 10.0. The molecule has 1 atom stereocenters. The quantitative estimate of drug-likeness (QED) is 0.630. The van der Waals surface area contributed by atoms with Gasteiger partial charge in [-0.25, -0.2) is 14.3 Å². The maximum Gasteiger partial charge on any atom is 0.422 e. The van der Waals surface area contributed by atoms with Crippen molar-refractivity contribution in [1.82, 2.24) is 24.5 Å². The summed E-state index contributed by atoms with van der Waals surface area (Å²) in [6.07, 6.45) is -2.81. The van der Waals surface area contributed by atoms with E-state index in [1.165, 1.54) is 6.33 Å². The van der Waals surface area contributed by atoms with Crippen molar-refractivity contribution in [1.29, 1.82) is 0 Å².